The molecule has 1 fully saturated rings. The molecule has 1 aliphatic rings. The molecular formula is C11H16N6O. The van der Waals surface area contributed by atoms with Gasteiger partial charge in [-0.1, -0.05) is 0 Å². The van der Waals surface area contributed by atoms with E-state index >= 15 is 0 Å². The summed E-state index contributed by atoms with van der Waals surface area (Å²) in [6.45, 7) is 0. The molecule has 0 bridgehead atoms. The van der Waals surface area contributed by atoms with Gasteiger partial charge in [-0.25, -0.2) is 15.0 Å². The predicted molar refractivity (Wildman–Crippen MR) is 66.9 cm³/mol. The summed E-state index contributed by atoms with van der Waals surface area (Å²) in [4.78, 5) is 12.4. The number of hydrogen-bond donors (Lipinski definition) is 3. The second kappa shape index (κ2) is 4.18. The molecule has 2 aromatic rings. The fourth-order valence-corrected chi connectivity index (χ4v) is 2.69. The molecule has 0 spiro atoms. The molecule has 7 nitrogen and oxygen atoms in total. The molecule has 96 valence electrons. The molecular weight excluding hydrogens is 232 g/mol. The number of nitrogens with one attached hydrogen (secondary N) is 1. The van der Waals surface area contributed by atoms with Crippen LogP contribution in [0.1, 0.15) is 18.9 Å². The van der Waals surface area contributed by atoms with Gasteiger partial charge in [-0.3, -0.25) is 0 Å². The Morgan fingerprint density at radius 1 is 1.39 bits per heavy atom. The van der Waals surface area contributed by atoms with Crippen molar-refractivity contribution in [3.8, 4) is 0 Å². The molecule has 0 radical (unpaired) electrons. The van der Waals surface area contributed by atoms with E-state index in [4.69, 9.17) is 5.73 Å². The summed E-state index contributed by atoms with van der Waals surface area (Å²) in [5, 5.41) is 13.4. The number of hydrogen-bond acceptors (Lipinski definition) is 6. The summed E-state index contributed by atoms with van der Waals surface area (Å²) in [5.41, 5.74) is 7.03. The lowest BCUT2D eigenvalue weighted by atomic mass is 10.2. The Hall–Kier alpha value is -1.73. The molecule has 4 N–H and O–H groups in total. The van der Waals surface area contributed by atoms with E-state index in [2.05, 4.69) is 20.3 Å². The van der Waals surface area contributed by atoms with Gasteiger partial charge < -0.3 is 20.7 Å². The van der Waals surface area contributed by atoms with Crippen molar-refractivity contribution in [2.45, 2.75) is 31.0 Å². The van der Waals surface area contributed by atoms with Gasteiger partial charge in [0.25, 0.3) is 0 Å². The molecule has 7 heteroatoms. The summed E-state index contributed by atoms with van der Waals surface area (Å²) < 4.78 is 1.90. The Labute approximate surface area is 104 Å². The molecule has 1 saturated carbocycles. The Balaban J connectivity index is 2.03. The van der Waals surface area contributed by atoms with E-state index in [1.807, 2.05) is 11.6 Å². The molecule has 3 atom stereocenters. The first-order valence-electron chi connectivity index (χ1n) is 6.00. The number of rotatable bonds is 2. The van der Waals surface area contributed by atoms with Crippen LogP contribution in [-0.2, 0) is 0 Å². The van der Waals surface area contributed by atoms with Crippen molar-refractivity contribution in [3.05, 3.63) is 12.7 Å². The minimum Gasteiger partial charge on any atom is -0.389 e. The molecule has 0 aliphatic heterocycles. The minimum atomic E-state index is -0.441. The molecule has 2 aromatic heterocycles. The van der Waals surface area contributed by atoms with E-state index in [-0.39, 0.29) is 12.1 Å². The smallest absolute Gasteiger partial charge is 0.165 e. The Morgan fingerprint density at radius 2 is 2.22 bits per heavy atom. The summed E-state index contributed by atoms with van der Waals surface area (Å²) in [6.07, 6.45) is 4.49. The van der Waals surface area contributed by atoms with Crippen LogP contribution in [0.5, 0.6) is 0 Å². The van der Waals surface area contributed by atoms with Crippen molar-refractivity contribution >= 4 is 17.0 Å². The Bertz CT molecular complexity index is 568. The van der Waals surface area contributed by atoms with Gasteiger partial charge in [0.15, 0.2) is 11.5 Å². The van der Waals surface area contributed by atoms with E-state index in [0.29, 0.717) is 17.0 Å². The number of nitrogen functional groups attached to an aromatic ring is 1. The minimum absolute atomic E-state index is 0.0123. The maximum Gasteiger partial charge on any atom is 0.165 e. The van der Waals surface area contributed by atoms with E-state index in [0.717, 1.165) is 12.8 Å². The van der Waals surface area contributed by atoms with Gasteiger partial charge >= 0.3 is 0 Å². The summed E-state index contributed by atoms with van der Waals surface area (Å²) in [5.74, 6) is 0.372. The van der Waals surface area contributed by atoms with Crippen LogP contribution in [-0.4, -0.2) is 43.8 Å². The number of nitrogens with two attached hydrogens (primary N) is 1. The first-order chi connectivity index (χ1) is 8.72. The number of likely N-dealkylation sites (N-methyl/N-ethyl adjacent to an activating group) is 1. The molecule has 0 saturated heterocycles. The van der Waals surface area contributed by atoms with E-state index in [1.165, 1.54) is 6.33 Å². The van der Waals surface area contributed by atoms with Crippen molar-refractivity contribution in [2.75, 3.05) is 12.8 Å². The highest BCUT2D eigenvalue weighted by atomic mass is 16.3. The van der Waals surface area contributed by atoms with Crippen LogP contribution >= 0.6 is 0 Å². The molecule has 18 heavy (non-hydrogen) atoms. The zero-order valence-electron chi connectivity index (χ0n) is 10.1. The second-order valence-corrected chi connectivity index (χ2v) is 4.61. The van der Waals surface area contributed by atoms with Crippen molar-refractivity contribution in [1.82, 2.24) is 24.8 Å². The van der Waals surface area contributed by atoms with Gasteiger partial charge in [-0.05, 0) is 19.9 Å². The highest BCUT2D eigenvalue weighted by Gasteiger charge is 2.35. The number of imidazole rings is 1. The molecule has 0 aromatic carbocycles. The molecule has 2 heterocycles. The Kier molecular flexibility index (Phi) is 2.64. The fraction of sp³-hybridized carbons (Fsp3) is 0.545. The van der Waals surface area contributed by atoms with Gasteiger partial charge in [-0.15, -0.1) is 0 Å². The summed E-state index contributed by atoms with van der Waals surface area (Å²) in [6, 6.07) is 0.105. The van der Waals surface area contributed by atoms with Crippen molar-refractivity contribution in [2.24, 2.45) is 0 Å². The number of nitrogens with zero attached hydrogens (tertiary/aromatic N) is 4. The molecule has 1 aliphatic carbocycles. The monoisotopic (exact) mass is 248 g/mol. The van der Waals surface area contributed by atoms with Gasteiger partial charge in [0, 0.05) is 6.04 Å². The first-order valence-corrected chi connectivity index (χ1v) is 6.00. The average Bonchev–Trinajstić information content (AvgIpc) is 2.93. The van der Waals surface area contributed by atoms with Gasteiger partial charge in [0.2, 0.25) is 0 Å². The van der Waals surface area contributed by atoms with Crippen LogP contribution in [0.15, 0.2) is 12.7 Å². The lowest BCUT2D eigenvalue weighted by Gasteiger charge is -2.20. The number of aliphatic hydroxyl groups is 1. The highest BCUT2D eigenvalue weighted by Crippen LogP contribution is 2.32. The number of anilines is 1. The second-order valence-electron chi connectivity index (χ2n) is 4.61. The van der Waals surface area contributed by atoms with Gasteiger partial charge in [0.1, 0.15) is 11.8 Å². The van der Waals surface area contributed by atoms with Crippen LogP contribution in [0.25, 0.3) is 11.2 Å². The van der Waals surface area contributed by atoms with E-state index < -0.39 is 6.10 Å². The van der Waals surface area contributed by atoms with Crippen LogP contribution < -0.4 is 11.1 Å². The topological polar surface area (TPSA) is 102 Å². The Morgan fingerprint density at radius 3 is 2.94 bits per heavy atom. The van der Waals surface area contributed by atoms with Crippen molar-refractivity contribution in [3.63, 3.8) is 0 Å². The van der Waals surface area contributed by atoms with Gasteiger partial charge in [-0.2, -0.15) is 0 Å². The zero-order chi connectivity index (χ0) is 12.7. The van der Waals surface area contributed by atoms with Crippen LogP contribution in [0.4, 0.5) is 5.82 Å². The summed E-state index contributed by atoms with van der Waals surface area (Å²) in [7, 11) is 1.86. The quantitative estimate of drug-likeness (QED) is 0.674. The number of aliphatic hydroxyl groups excluding tert-OH is 1. The van der Waals surface area contributed by atoms with Crippen LogP contribution in [0.2, 0.25) is 0 Å². The van der Waals surface area contributed by atoms with E-state index in [1.54, 1.807) is 6.33 Å². The third kappa shape index (κ3) is 1.55. The maximum atomic E-state index is 10.3. The third-order valence-electron chi connectivity index (χ3n) is 3.70. The SMILES string of the molecule is CN[C@@H]1CC[C@H](n2cnc3c(N)ncnc32)[C@H]1O. The van der Waals surface area contributed by atoms with Gasteiger partial charge in [0.05, 0.1) is 18.5 Å². The van der Waals surface area contributed by atoms with Crippen LogP contribution in [0, 0.1) is 0 Å². The largest absolute Gasteiger partial charge is 0.389 e. The zero-order valence-corrected chi connectivity index (χ0v) is 10.1. The third-order valence-corrected chi connectivity index (χ3v) is 3.70. The standard InChI is InChI=1S/C11H16N6O/c1-13-6-2-3-7(9(6)18)17-5-16-8-10(12)14-4-15-11(8)17/h4-7,9,13,18H,2-3H2,1H3,(H2,12,14,15)/t6-,7+,9+/m1/s1. The predicted octanol–water partition coefficient (Wildman–Crippen LogP) is -0.308. The molecule has 0 amide bonds. The highest BCUT2D eigenvalue weighted by molar-refractivity contribution is 5.81. The maximum absolute atomic E-state index is 10.3. The van der Waals surface area contributed by atoms with Crippen molar-refractivity contribution < 1.29 is 5.11 Å². The molecule has 0 unspecified atom stereocenters. The summed E-state index contributed by atoms with van der Waals surface area (Å²) >= 11 is 0. The molecule has 3 rings (SSSR count). The number of aromatic nitrogens is 4. The lowest BCUT2D eigenvalue weighted by molar-refractivity contribution is 0.114. The number of fused-ring (bicyclic) bond motifs is 1. The normalized spacial score (nSPS) is 28.0. The lowest BCUT2D eigenvalue weighted by Crippen LogP contribution is -2.36. The average molecular weight is 248 g/mol. The first kappa shape index (κ1) is 11.4. The van der Waals surface area contributed by atoms with Crippen molar-refractivity contribution in [1.29, 1.82) is 0 Å². The van der Waals surface area contributed by atoms with Crippen LogP contribution in [0.3, 0.4) is 0 Å². The fourth-order valence-electron chi connectivity index (χ4n) is 2.69. The van der Waals surface area contributed by atoms with E-state index in [9.17, 15) is 5.11 Å².